The largest absolute Gasteiger partial charge is 0.493 e. The number of nitrogens with zero attached hydrogens (tertiary/aromatic N) is 2. The van der Waals surface area contributed by atoms with Gasteiger partial charge in [-0.25, -0.2) is 9.37 Å². The van der Waals surface area contributed by atoms with Gasteiger partial charge in [-0.05, 0) is 36.0 Å². The molecule has 1 aliphatic carbocycles. The van der Waals surface area contributed by atoms with Crippen LogP contribution in [0.25, 0.3) is 22.8 Å². The van der Waals surface area contributed by atoms with Gasteiger partial charge in [0.2, 0.25) is 11.7 Å². The standard InChI is InChI=1S/C19H20FN3O5/c1-11(24)21-13(8-20)10-26-18-7-17(28-23-18)19-22-15-6-14(4-5-16(15)27-19)25-9-12-2-3-12/h4-7,12-13H,2-3,8-10H2,1H3,(H,21,24). The molecule has 1 saturated carbocycles. The van der Waals surface area contributed by atoms with Crippen LogP contribution in [-0.4, -0.2) is 42.0 Å². The maximum Gasteiger partial charge on any atom is 0.267 e. The normalized spacial score (nSPS) is 14.8. The van der Waals surface area contributed by atoms with Crippen molar-refractivity contribution in [1.29, 1.82) is 0 Å². The van der Waals surface area contributed by atoms with Crippen LogP contribution in [0.2, 0.25) is 0 Å². The molecule has 0 aliphatic heterocycles. The lowest BCUT2D eigenvalue weighted by molar-refractivity contribution is -0.120. The summed E-state index contributed by atoms with van der Waals surface area (Å²) in [5.41, 5.74) is 1.24. The monoisotopic (exact) mass is 389 g/mol. The van der Waals surface area contributed by atoms with Crippen LogP contribution in [0.15, 0.2) is 33.2 Å². The van der Waals surface area contributed by atoms with Crippen LogP contribution >= 0.6 is 0 Å². The number of amides is 1. The van der Waals surface area contributed by atoms with Gasteiger partial charge in [0.1, 0.15) is 24.5 Å². The zero-order valence-electron chi connectivity index (χ0n) is 15.3. The Morgan fingerprint density at radius 1 is 1.36 bits per heavy atom. The number of carbonyl (C=O) groups is 1. The summed E-state index contributed by atoms with van der Waals surface area (Å²) in [4.78, 5) is 15.4. The first-order chi connectivity index (χ1) is 13.6. The molecule has 1 atom stereocenters. The van der Waals surface area contributed by atoms with Crippen molar-refractivity contribution in [3.05, 3.63) is 24.3 Å². The van der Waals surface area contributed by atoms with Crippen molar-refractivity contribution in [3.8, 4) is 23.3 Å². The highest BCUT2D eigenvalue weighted by molar-refractivity contribution is 5.77. The minimum Gasteiger partial charge on any atom is -0.493 e. The molecule has 1 N–H and O–H groups in total. The molecule has 0 bridgehead atoms. The molecule has 3 aromatic rings. The number of hydrogen-bond acceptors (Lipinski definition) is 7. The fourth-order valence-electron chi connectivity index (χ4n) is 2.63. The molecule has 0 saturated heterocycles. The first-order valence-corrected chi connectivity index (χ1v) is 9.07. The fourth-order valence-corrected chi connectivity index (χ4v) is 2.63. The minimum atomic E-state index is -0.754. The highest BCUT2D eigenvalue weighted by Crippen LogP contribution is 2.31. The van der Waals surface area contributed by atoms with E-state index in [-0.39, 0.29) is 30.0 Å². The molecule has 8 nitrogen and oxygen atoms in total. The van der Waals surface area contributed by atoms with Gasteiger partial charge in [0, 0.05) is 13.0 Å². The van der Waals surface area contributed by atoms with E-state index in [4.69, 9.17) is 18.4 Å². The van der Waals surface area contributed by atoms with Crippen molar-refractivity contribution in [2.45, 2.75) is 25.8 Å². The van der Waals surface area contributed by atoms with Gasteiger partial charge >= 0.3 is 0 Å². The zero-order chi connectivity index (χ0) is 19.5. The number of ether oxygens (including phenoxy) is 2. The van der Waals surface area contributed by atoms with Gasteiger partial charge in [-0.2, -0.15) is 0 Å². The summed E-state index contributed by atoms with van der Waals surface area (Å²) >= 11 is 0. The lowest BCUT2D eigenvalue weighted by Gasteiger charge is -2.13. The van der Waals surface area contributed by atoms with E-state index in [2.05, 4.69) is 15.5 Å². The van der Waals surface area contributed by atoms with Crippen LogP contribution in [0.4, 0.5) is 4.39 Å². The number of carbonyl (C=O) groups excluding carboxylic acids is 1. The van der Waals surface area contributed by atoms with Gasteiger partial charge in [0.25, 0.3) is 11.8 Å². The number of nitrogens with one attached hydrogen (secondary N) is 1. The van der Waals surface area contributed by atoms with Gasteiger partial charge in [0.05, 0.1) is 18.7 Å². The second-order valence-corrected chi connectivity index (χ2v) is 6.80. The predicted molar refractivity (Wildman–Crippen MR) is 96.8 cm³/mol. The van der Waals surface area contributed by atoms with Crippen LogP contribution in [0, 0.1) is 5.92 Å². The summed E-state index contributed by atoms with van der Waals surface area (Å²) in [6.07, 6.45) is 2.45. The molecule has 4 rings (SSSR count). The number of hydrogen-bond donors (Lipinski definition) is 1. The minimum absolute atomic E-state index is 0.0721. The highest BCUT2D eigenvalue weighted by atomic mass is 19.1. The van der Waals surface area contributed by atoms with E-state index >= 15 is 0 Å². The molecule has 2 aromatic heterocycles. The number of fused-ring (bicyclic) bond motifs is 1. The zero-order valence-corrected chi connectivity index (χ0v) is 15.3. The van der Waals surface area contributed by atoms with Crippen molar-refractivity contribution < 1.29 is 27.6 Å². The topological polar surface area (TPSA) is 99.6 Å². The number of oxazole rings is 1. The van der Waals surface area contributed by atoms with E-state index in [0.717, 1.165) is 12.4 Å². The molecule has 1 fully saturated rings. The second kappa shape index (κ2) is 7.87. The Hall–Kier alpha value is -3.10. The van der Waals surface area contributed by atoms with Crippen molar-refractivity contribution in [2.24, 2.45) is 5.92 Å². The second-order valence-electron chi connectivity index (χ2n) is 6.80. The van der Waals surface area contributed by atoms with Crippen LogP contribution in [0.1, 0.15) is 19.8 Å². The molecule has 1 amide bonds. The molecular weight excluding hydrogens is 369 g/mol. The number of benzene rings is 1. The van der Waals surface area contributed by atoms with E-state index in [9.17, 15) is 9.18 Å². The quantitative estimate of drug-likeness (QED) is 0.600. The third kappa shape index (κ3) is 4.41. The molecule has 148 valence electrons. The summed E-state index contributed by atoms with van der Waals surface area (Å²) in [7, 11) is 0. The van der Waals surface area contributed by atoms with Crippen molar-refractivity contribution in [1.82, 2.24) is 15.5 Å². The van der Waals surface area contributed by atoms with Gasteiger partial charge in [-0.15, -0.1) is 0 Å². The average Bonchev–Trinajstić information content (AvgIpc) is 3.22. The molecule has 0 spiro atoms. The Labute approximate surface area is 160 Å². The SMILES string of the molecule is CC(=O)NC(CF)COc1cc(-c2nc3cc(OCC4CC4)ccc3o2)on1. The Kier molecular flexibility index (Phi) is 5.14. The van der Waals surface area contributed by atoms with Gasteiger partial charge in [-0.3, -0.25) is 4.79 Å². The predicted octanol–water partition coefficient (Wildman–Crippen LogP) is 3.12. The van der Waals surface area contributed by atoms with Gasteiger partial charge in [0.15, 0.2) is 5.58 Å². The van der Waals surface area contributed by atoms with Crippen LogP contribution in [-0.2, 0) is 4.79 Å². The summed E-state index contributed by atoms with van der Waals surface area (Å²) < 4.78 is 34.9. The summed E-state index contributed by atoms with van der Waals surface area (Å²) in [6, 6.07) is 6.20. The maximum atomic E-state index is 12.9. The Bertz CT molecular complexity index is 966. The van der Waals surface area contributed by atoms with E-state index in [1.54, 1.807) is 6.07 Å². The van der Waals surface area contributed by atoms with Crippen LogP contribution in [0.3, 0.4) is 0 Å². The molecule has 0 radical (unpaired) electrons. The smallest absolute Gasteiger partial charge is 0.267 e. The van der Waals surface area contributed by atoms with Crippen LogP contribution < -0.4 is 14.8 Å². The summed E-state index contributed by atoms with van der Waals surface area (Å²) in [5, 5.41) is 6.21. The Morgan fingerprint density at radius 3 is 2.96 bits per heavy atom. The average molecular weight is 389 g/mol. The molecular formula is C19H20FN3O5. The van der Waals surface area contributed by atoms with Crippen LogP contribution in [0.5, 0.6) is 11.6 Å². The van der Waals surface area contributed by atoms with E-state index in [1.165, 1.54) is 25.8 Å². The Morgan fingerprint density at radius 2 is 2.21 bits per heavy atom. The van der Waals surface area contributed by atoms with Crippen molar-refractivity contribution in [2.75, 3.05) is 19.9 Å². The van der Waals surface area contributed by atoms with Gasteiger partial charge < -0.3 is 23.7 Å². The van der Waals surface area contributed by atoms with Crippen molar-refractivity contribution >= 4 is 17.0 Å². The van der Waals surface area contributed by atoms with E-state index < -0.39 is 12.7 Å². The molecule has 1 aromatic carbocycles. The number of halogens is 1. The first-order valence-electron chi connectivity index (χ1n) is 9.07. The Balaban J connectivity index is 1.42. The van der Waals surface area contributed by atoms with Crippen molar-refractivity contribution in [3.63, 3.8) is 0 Å². The lowest BCUT2D eigenvalue weighted by atomic mass is 10.3. The highest BCUT2D eigenvalue weighted by Gasteiger charge is 2.22. The third-order valence-corrected chi connectivity index (χ3v) is 4.27. The molecule has 1 unspecified atom stereocenters. The number of aromatic nitrogens is 2. The van der Waals surface area contributed by atoms with Gasteiger partial charge in [-0.1, -0.05) is 0 Å². The fraction of sp³-hybridized carbons (Fsp3) is 0.421. The summed E-state index contributed by atoms with van der Waals surface area (Å²) in [6.45, 7) is 1.21. The first kappa shape index (κ1) is 18.3. The lowest BCUT2D eigenvalue weighted by Crippen LogP contribution is -2.39. The molecule has 28 heavy (non-hydrogen) atoms. The van der Waals surface area contributed by atoms with E-state index in [0.29, 0.717) is 17.0 Å². The molecule has 1 aliphatic rings. The third-order valence-electron chi connectivity index (χ3n) is 4.27. The summed E-state index contributed by atoms with van der Waals surface area (Å²) in [5.74, 6) is 1.76. The number of rotatable bonds is 9. The van der Waals surface area contributed by atoms with E-state index in [1.807, 2.05) is 12.1 Å². The maximum absolute atomic E-state index is 12.9. The molecule has 2 heterocycles. The molecule has 9 heteroatoms. The number of alkyl halides is 1.